The van der Waals surface area contributed by atoms with Crippen molar-refractivity contribution in [1.29, 1.82) is 0 Å². The van der Waals surface area contributed by atoms with Crippen molar-refractivity contribution in [3.63, 3.8) is 0 Å². The van der Waals surface area contributed by atoms with Crippen LogP contribution in [0.5, 0.6) is 5.75 Å². The number of sulfonamides is 1. The lowest BCUT2D eigenvalue weighted by atomic mass is 9.99. The topological polar surface area (TPSA) is 95.9 Å². The van der Waals surface area contributed by atoms with E-state index in [1.165, 1.54) is 28.6 Å². The predicted molar refractivity (Wildman–Crippen MR) is 120 cm³/mol. The van der Waals surface area contributed by atoms with Gasteiger partial charge in [0.15, 0.2) is 0 Å². The number of amides is 1. The van der Waals surface area contributed by atoms with E-state index in [1.807, 2.05) is 32.0 Å². The fourth-order valence-electron chi connectivity index (χ4n) is 3.81. The smallest absolute Gasteiger partial charge is 0.405 e. The van der Waals surface area contributed by atoms with Crippen molar-refractivity contribution in [3.05, 3.63) is 65.0 Å². The molecule has 1 aliphatic heterocycles. The molecule has 32 heavy (non-hydrogen) atoms. The SMILES string of the molecule is Cc1ccc(C)c(OCC2CCN(S(=O)(=O)C[C@H](NC(=O)O)c3ccc(F)cc3)CC2)c1. The average molecular weight is 465 g/mol. The van der Waals surface area contributed by atoms with Crippen molar-refractivity contribution >= 4 is 16.1 Å². The number of nitrogens with one attached hydrogen (secondary N) is 1. The van der Waals surface area contributed by atoms with Crippen LogP contribution in [0.25, 0.3) is 0 Å². The number of hydrogen-bond donors (Lipinski definition) is 2. The molecule has 1 heterocycles. The molecule has 9 heteroatoms. The van der Waals surface area contributed by atoms with Crippen molar-refractivity contribution in [2.75, 3.05) is 25.4 Å². The van der Waals surface area contributed by atoms with E-state index in [9.17, 15) is 17.6 Å². The van der Waals surface area contributed by atoms with Gasteiger partial charge in [-0.3, -0.25) is 0 Å². The lowest BCUT2D eigenvalue weighted by Crippen LogP contribution is -2.43. The van der Waals surface area contributed by atoms with Crippen LogP contribution in [-0.2, 0) is 10.0 Å². The first-order valence-corrected chi connectivity index (χ1v) is 12.2. The summed E-state index contributed by atoms with van der Waals surface area (Å²) < 4.78 is 46.5. The molecule has 1 atom stereocenters. The summed E-state index contributed by atoms with van der Waals surface area (Å²) in [7, 11) is -3.72. The molecule has 1 fully saturated rings. The fourth-order valence-corrected chi connectivity index (χ4v) is 5.48. The first kappa shape index (κ1) is 24.0. The van der Waals surface area contributed by atoms with Crippen molar-refractivity contribution in [1.82, 2.24) is 9.62 Å². The van der Waals surface area contributed by atoms with Gasteiger partial charge in [-0.15, -0.1) is 0 Å². The minimum atomic E-state index is -3.72. The Morgan fingerprint density at radius 3 is 2.47 bits per heavy atom. The van der Waals surface area contributed by atoms with Gasteiger partial charge in [0.25, 0.3) is 0 Å². The summed E-state index contributed by atoms with van der Waals surface area (Å²) in [5.74, 6) is 0.193. The zero-order chi connectivity index (χ0) is 23.3. The van der Waals surface area contributed by atoms with Crippen molar-refractivity contribution in [2.45, 2.75) is 32.7 Å². The standard InChI is InChI=1S/C23H29FN2O5S/c1-16-3-4-17(2)22(13-16)31-14-18-9-11-26(12-10-18)32(29,30)15-21(25-23(27)28)19-5-7-20(24)8-6-19/h3-8,13,18,21,25H,9-12,14-15H2,1-2H3,(H,27,28)/t21-/m0/s1. The van der Waals surface area contributed by atoms with Gasteiger partial charge < -0.3 is 15.2 Å². The fraction of sp³-hybridized carbons (Fsp3) is 0.435. The maximum atomic E-state index is 13.2. The molecule has 0 aliphatic carbocycles. The Morgan fingerprint density at radius 1 is 1.19 bits per heavy atom. The highest BCUT2D eigenvalue weighted by Gasteiger charge is 2.31. The molecule has 1 saturated heterocycles. The number of aryl methyl sites for hydroxylation is 2. The Balaban J connectivity index is 1.58. The molecule has 0 aromatic heterocycles. The molecule has 1 amide bonds. The van der Waals surface area contributed by atoms with Crippen molar-refractivity contribution in [3.8, 4) is 5.75 Å². The van der Waals surface area contributed by atoms with E-state index < -0.39 is 33.7 Å². The van der Waals surface area contributed by atoms with Gasteiger partial charge in [0.05, 0.1) is 18.4 Å². The Hall–Kier alpha value is -2.65. The Morgan fingerprint density at radius 2 is 1.84 bits per heavy atom. The monoisotopic (exact) mass is 464 g/mol. The number of nitrogens with zero attached hydrogens (tertiary/aromatic N) is 1. The van der Waals surface area contributed by atoms with Gasteiger partial charge in [-0.05, 0) is 67.5 Å². The highest BCUT2D eigenvalue weighted by Crippen LogP contribution is 2.25. The summed E-state index contributed by atoms with van der Waals surface area (Å²) in [6.45, 7) is 5.23. The van der Waals surface area contributed by atoms with Crippen LogP contribution in [0.2, 0.25) is 0 Å². The van der Waals surface area contributed by atoms with E-state index in [1.54, 1.807) is 0 Å². The number of carbonyl (C=O) groups is 1. The summed E-state index contributed by atoms with van der Waals surface area (Å²) in [6, 6.07) is 10.2. The molecular formula is C23H29FN2O5S. The maximum Gasteiger partial charge on any atom is 0.405 e. The van der Waals surface area contributed by atoms with Gasteiger partial charge in [-0.2, -0.15) is 0 Å². The van der Waals surface area contributed by atoms with Crippen LogP contribution in [0.15, 0.2) is 42.5 Å². The third-order valence-electron chi connectivity index (χ3n) is 5.73. The first-order valence-electron chi connectivity index (χ1n) is 10.6. The Kier molecular flexibility index (Phi) is 7.73. The van der Waals surface area contributed by atoms with Crippen LogP contribution < -0.4 is 10.1 Å². The number of carboxylic acid groups (broad SMARTS) is 1. The van der Waals surface area contributed by atoms with Gasteiger partial charge in [0, 0.05) is 13.1 Å². The van der Waals surface area contributed by atoms with Crippen LogP contribution in [-0.4, -0.2) is 49.4 Å². The number of piperidine rings is 1. The minimum absolute atomic E-state index is 0.242. The molecule has 2 aromatic rings. The zero-order valence-corrected chi connectivity index (χ0v) is 19.1. The molecule has 174 valence electrons. The summed E-state index contributed by atoms with van der Waals surface area (Å²) in [4.78, 5) is 11.2. The van der Waals surface area contributed by atoms with Gasteiger partial charge in [-0.1, -0.05) is 24.3 Å². The maximum absolute atomic E-state index is 13.2. The predicted octanol–water partition coefficient (Wildman–Crippen LogP) is 3.87. The van der Waals surface area contributed by atoms with Gasteiger partial charge in [0.1, 0.15) is 11.6 Å². The molecule has 2 N–H and O–H groups in total. The van der Waals surface area contributed by atoms with E-state index >= 15 is 0 Å². The second kappa shape index (κ2) is 10.3. The van der Waals surface area contributed by atoms with Crippen molar-refractivity contribution < 1.29 is 27.4 Å². The first-order chi connectivity index (χ1) is 15.1. The van der Waals surface area contributed by atoms with Crippen LogP contribution >= 0.6 is 0 Å². The van der Waals surface area contributed by atoms with Crippen molar-refractivity contribution in [2.24, 2.45) is 5.92 Å². The number of benzene rings is 2. The molecule has 2 aromatic carbocycles. The number of rotatable bonds is 8. The number of halogens is 1. The third-order valence-corrected chi connectivity index (χ3v) is 7.64. The highest BCUT2D eigenvalue weighted by atomic mass is 32.2. The van der Waals surface area contributed by atoms with E-state index in [0.29, 0.717) is 38.1 Å². The van der Waals surface area contributed by atoms with Crippen LogP contribution in [0.4, 0.5) is 9.18 Å². The molecule has 0 bridgehead atoms. The quantitative estimate of drug-likeness (QED) is 0.618. The zero-order valence-electron chi connectivity index (χ0n) is 18.3. The van der Waals surface area contributed by atoms with E-state index in [-0.39, 0.29) is 5.92 Å². The molecule has 7 nitrogen and oxygen atoms in total. The Labute approximate surface area is 188 Å². The number of hydrogen-bond acceptors (Lipinski definition) is 4. The lowest BCUT2D eigenvalue weighted by Gasteiger charge is -2.32. The Bertz CT molecular complexity index is 1030. The molecular weight excluding hydrogens is 435 g/mol. The summed E-state index contributed by atoms with van der Waals surface area (Å²) in [5, 5.41) is 11.4. The molecule has 0 unspecified atom stereocenters. The summed E-state index contributed by atoms with van der Waals surface area (Å²) in [5.41, 5.74) is 2.58. The normalized spacial score (nSPS) is 16.5. The highest BCUT2D eigenvalue weighted by molar-refractivity contribution is 7.89. The molecule has 3 rings (SSSR count). The second-order valence-electron chi connectivity index (χ2n) is 8.25. The number of ether oxygens (including phenoxy) is 1. The minimum Gasteiger partial charge on any atom is -0.493 e. The largest absolute Gasteiger partial charge is 0.493 e. The van der Waals surface area contributed by atoms with Gasteiger partial charge in [0.2, 0.25) is 10.0 Å². The average Bonchev–Trinajstić information content (AvgIpc) is 2.74. The molecule has 1 aliphatic rings. The molecule has 0 spiro atoms. The van der Waals surface area contributed by atoms with Crippen LogP contribution in [0, 0.1) is 25.6 Å². The molecule has 0 saturated carbocycles. The van der Waals surface area contributed by atoms with E-state index in [0.717, 1.165) is 16.9 Å². The lowest BCUT2D eigenvalue weighted by molar-refractivity contribution is 0.183. The summed E-state index contributed by atoms with van der Waals surface area (Å²) in [6.07, 6.45) is -0.00757. The van der Waals surface area contributed by atoms with Crippen LogP contribution in [0.1, 0.15) is 35.6 Å². The third kappa shape index (κ3) is 6.43. The van der Waals surface area contributed by atoms with Crippen LogP contribution in [0.3, 0.4) is 0 Å². The summed E-state index contributed by atoms with van der Waals surface area (Å²) >= 11 is 0. The van der Waals surface area contributed by atoms with Gasteiger partial charge >= 0.3 is 6.09 Å². The van der Waals surface area contributed by atoms with Gasteiger partial charge in [-0.25, -0.2) is 21.9 Å². The van der Waals surface area contributed by atoms with E-state index in [4.69, 9.17) is 9.84 Å². The van der Waals surface area contributed by atoms with E-state index in [2.05, 4.69) is 5.32 Å². The second-order valence-corrected chi connectivity index (χ2v) is 10.3. The molecule has 0 radical (unpaired) electrons.